The minimum atomic E-state index is -0.172. The quantitative estimate of drug-likeness (QED) is 0.675. The maximum absolute atomic E-state index is 13.0. The Kier molecular flexibility index (Phi) is 5.10. The first-order valence-corrected chi connectivity index (χ1v) is 9.02. The van der Waals surface area contributed by atoms with Gasteiger partial charge in [0, 0.05) is 19.8 Å². The highest BCUT2D eigenvalue weighted by Crippen LogP contribution is 2.31. The van der Waals surface area contributed by atoms with Crippen molar-refractivity contribution in [2.45, 2.75) is 6.54 Å². The summed E-state index contributed by atoms with van der Waals surface area (Å²) in [4.78, 5) is 18.9. The lowest BCUT2D eigenvalue weighted by Crippen LogP contribution is -2.27. The highest BCUT2D eigenvalue weighted by atomic mass is 16.6. The fourth-order valence-corrected chi connectivity index (χ4v) is 2.97. The molecule has 2 heterocycles. The summed E-state index contributed by atoms with van der Waals surface area (Å²) in [7, 11) is 1.75. The van der Waals surface area contributed by atoms with Crippen LogP contribution in [-0.4, -0.2) is 36.1 Å². The molecule has 0 N–H and O–H groups in total. The molecule has 6 nitrogen and oxygen atoms in total. The van der Waals surface area contributed by atoms with E-state index >= 15 is 0 Å². The van der Waals surface area contributed by atoms with Gasteiger partial charge in [-0.3, -0.25) is 4.79 Å². The average molecular weight is 376 g/mol. The summed E-state index contributed by atoms with van der Waals surface area (Å²) in [6, 6.07) is 18.4. The van der Waals surface area contributed by atoms with Gasteiger partial charge in [-0.15, -0.1) is 0 Å². The van der Waals surface area contributed by atoms with Crippen LogP contribution in [0.25, 0.3) is 0 Å². The average Bonchev–Trinajstić information content (AvgIpc) is 2.74. The first kappa shape index (κ1) is 17.9. The van der Waals surface area contributed by atoms with Crippen LogP contribution >= 0.6 is 0 Å². The minimum absolute atomic E-state index is 0.172. The van der Waals surface area contributed by atoms with E-state index in [4.69, 9.17) is 14.2 Å². The molecule has 28 heavy (non-hydrogen) atoms. The standard InChI is InChI=1S/C22H20N2O4/c1-24(15-16-9-10-19-20(14-16)27-13-12-26-19)22(25)18-8-5-11-23-21(18)28-17-6-3-2-4-7-17/h2-11,14H,12-13,15H2,1H3. The summed E-state index contributed by atoms with van der Waals surface area (Å²) in [5.41, 5.74) is 1.36. The lowest BCUT2D eigenvalue weighted by atomic mass is 10.1. The van der Waals surface area contributed by atoms with Gasteiger partial charge in [0.2, 0.25) is 5.88 Å². The maximum Gasteiger partial charge on any atom is 0.259 e. The fourth-order valence-electron chi connectivity index (χ4n) is 2.97. The number of aromatic nitrogens is 1. The number of carbonyl (C=O) groups excluding carboxylic acids is 1. The molecule has 0 spiro atoms. The summed E-state index contributed by atoms with van der Waals surface area (Å²) in [5, 5.41) is 0. The summed E-state index contributed by atoms with van der Waals surface area (Å²) in [6.45, 7) is 1.51. The first-order valence-electron chi connectivity index (χ1n) is 9.02. The van der Waals surface area contributed by atoms with E-state index in [-0.39, 0.29) is 11.8 Å². The number of carbonyl (C=O) groups is 1. The zero-order valence-corrected chi connectivity index (χ0v) is 15.5. The summed E-state index contributed by atoms with van der Waals surface area (Å²) in [5.74, 6) is 2.18. The van der Waals surface area contributed by atoms with Crippen LogP contribution in [0, 0.1) is 0 Å². The lowest BCUT2D eigenvalue weighted by Gasteiger charge is -2.21. The zero-order chi connectivity index (χ0) is 19.3. The molecule has 1 aliphatic heterocycles. The number of benzene rings is 2. The number of hydrogen-bond donors (Lipinski definition) is 0. The van der Waals surface area contributed by atoms with Crippen molar-refractivity contribution >= 4 is 5.91 Å². The van der Waals surface area contributed by atoms with Crippen LogP contribution < -0.4 is 14.2 Å². The summed E-state index contributed by atoms with van der Waals surface area (Å²) < 4.78 is 17.0. The molecule has 4 rings (SSSR count). The van der Waals surface area contributed by atoms with E-state index in [0.29, 0.717) is 36.8 Å². The Hall–Kier alpha value is -3.54. The monoisotopic (exact) mass is 376 g/mol. The number of fused-ring (bicyclic) bond motifs is 1. The van der Waals surface area contributed by atoms with Gasteiger partial charge in [-0.05, 0) is 42.0 Å². The Morgan fingerprint density at radius 3 is 2.64 bits per heavy atom. The van der Waals surface area contributed by atoms with Crippen LogP contribution in [0.1, 0.15) is 15.9 Å². The number of rotatable bonds is 5. The fraction of sp³-hybridized carbons (Fsp3) is 0.182. The first-order chi connectivity index (χ1) is 13.7. The second-order valence-corrected chi connectivity index (χ2v) is 6.41. The van der Waals surface area contributed by atoms with Gasteiger partial charge < -0.3 is 19.1 Å². The molecule has 2 aromatic carbocycles. The highest BCUT2D eigenvalue weighted by molar-refractivity contribution is 5.96. The summed E-state index contributed by atoms with van der Waals surface area (Å²) in [6.07, 6.45) is 1.61. The molecule has 0 atom stereocenters. The van der Waals surface area contributed by atoms with E-state index in [1.54, 1.807) is 30.3 Å². The largest absolute Gasteiger partial charge is 0.486 e. The van der Waals surface area contributed by atoms with Gasteiger partial charge in [0.15, 0.2) is 11.5 Å². The van der Waals surface area contributed by atoms with E-state index in [0.717, 1.165) is 11.3 Å². The van der Waals surface area contributed by atoms with Crippen LogP contribution in [-0.2, 0) is 6.54 Å². The smallest absolute Gasteiger partial charge is 0.259 e. The molecule has 0 unspecified atom stereocenters. The van der Waals surface area contributed by atoms with E-state index in [1.165, 1.54) is 0 Å². The van der Waals surface area contributed by atoms with Gasteiger partial charge in [-0.2, -0.15) is 0 Å². The van der Waals surface area contributed by atoms with Gasteiger partial charge in [-0.25, -0.2) is 4.98 Å². The predicted octanol–water partition coefficient (Wildman–Crippen LogP) is 3.92. The van der Waals surface area contributed by atoms with Crippen LogP contribution in [0.3, 0.4) is 0 Å². The Morgan fingerprint density at radius 2 is 1.82 bits per heavy atom. The maximum atomic E-state index is 13.0. The normalized spacial score (nSPS) is 12.3. The molecule has 0 aliphatic carbocycles. The second-order valence-electron chi connectivity index (χ2n) is 6.41. The SMILES string of the molecule is CN(Cc1ccc2c(c1)OCCO2)C(=O)c1cccnc1Oc1ccccc1. The number of amides is 1. The van der Waals surface area contributed by atoms with Crippen molar-refractivity contribution in [2.24, 2.45) is 0 Å². The Labute approximate surface area is 163 Å². The molecule has 0 bridgehead atoms. The second kappa shape index (κ2) is 8.00. The molecule has 6 heteroatoms. The van der Waals surface area contributed by atoms with Gasteiger partial charge in [0.05, 0.1) is 0 Å². The highest BCUT2D eigenvalue weighted by Gasteiger charge is 2.19. The molecular formula is C22H20N2O4. The van der Waals surface area contributed by atoms with E-state index in [9.17, 15) is 4.79 Å². The van der Waals surface area contributed by atoms with Crippen molar-refractivity contribution in [3.05, 3.63) is 78.0 Å². The zero-order valence-electron chi connectivity index (χ0n) is 15.5. The molecular weight excluding hydrogens is 356 g/mol. The van der Waals surface area contributed by atoms with Crippen molar-refractivity contribution in [1.82, 2.24) is 9.88 Å². The van der Waals surface area contributed by atoms with E-state index in [2.05, 4.69) is 4.98 Å². The lowest BCUT2D eigenvalue weighted by molar-refractivity contribution is 0.0781. The molecule has 0 radical (unpaired) electrons. The van der Waals surface area contributed by atoms with Crippen LogP contribution in [0.4, 0.5) is 0 Å². The predicted molar refractivity (Wildman–Crippen MR) is 104 cm³/mol. The van der Waals surface area contributed by atoms with Crippen molar-refractivity contribution in [2.75, 3.05) is 20.3 Å². The third-order valence-corrected chi connectivity index (χ3v) is 4.33. The number of ether oxygens (including phenoxy) is 3. The van der Waals surface area contributed by atoms with Gasteiger partial charge in [-0.1, -0.05) is 24.3 Å². The number of hydrogen-bond acceptors (Lipinski definition) is 5. The third-order valence-electron chi connectivity index (χ3n) is 4.33. The molecule has 1 aromatic heterocycles. The number of nitrogens with zero attached hydrogens (tertiary/aromatic N) is 2. The van der Waals surface area contributed by atoms with Crippen molar-refractivity contribution in [1.29, 1.82) is 0 Å². The van der Waals surface area contributed by atoms with Gasteiger partial charge in [0.1, 0.15) is 24.5 Å². The topological polar surface area (TPSA) is 60.9 Å². The van der Waals surface area contributed by atoms with E-state index < -0.39 is 0 Å². The molecule has 1 aliphatic rings. The molecule has 0 saturated carbocycles. The Bertz CT molecular complexity index is 975. The van der Waals surface area contributed by atoms with E-state index in [1.807, 2.05) is 48.5 Å². The van der Waals surface area contributed by atoms with Crippen molar-refractivity contribution in [3.8, 4) is 23.1 Å². The number of para-hydroxylation sites is 1. The minimum Gasteiger partial charge on any atom is -0.486 e. The summed E-state index contributed by atoms with van der Waals surface area (Å²) >= 11 is 0. The van der Waals surface area contributed by atoms with Crippen LogP contribution in [0.5, 0.6) is 23.1 Å². The molecule has 0 fully saturated rings. The number of pyridine rings is 1. The van der Waals surface area contributed by atoms with Crippen LogP contribution in [0.15, 0.2) is 66.9 Å². The molecule has 0 saturated heterocycles. The van der Waals surface area contributed by atoms with Crippen LogP contribution in [0.2, 0.25) is 0 Å². The van der Waals surface area contributed by atoms with Crippen molar-refractivity contribution in [3.63, 3.8) is 0 Å². The molecule has 1 amide bonds. The molecule has 3 aromatic rings. The van der Waals surface area contributed by atoms with Gasteiger partial charge in [0.25, 0.3) is 5.91 Å². The van der Waals surface area contributed by atoms with Crippen molar-refractivity contribution < 1.29 is 19.0 Å². The van der Waals surface area contributed by atoms with Gasteiger partial charge >= 0.3 is 0 Å². The Morgan fingerprint density at radius 1 is 1.04 bits per heavy atom. The Balaban J connectivity index is 1.51. The molecule has 142 valence electrons. The third kappa shape index (κ3) is 3.91.